The molecule has 1 nitrogen and oxygen atoms in total. The average Bonchev–Trinajstić information content (AvgIpc) is 2.69. The van der Waals surface area contributed by atoms with Gasteiger partial charge in [-0.05, 0) is 26.8 Å². The monoisotopic (exact) mass is 429 g/mol. The summed E-state index contributed by atoms with van der Waals surface area (Å²) in [6.07, 6.45) is 30.9. The lowest BCUT2D eigenvalue weighted by Crippen LogP contribution is -2.37. The Morgan fingerprint density at radius 1 is 0.552 bits per heavy atom. The maximum Gasteiger partial charge on any atom is 0.0304 e. The minimum Gasteiger partial charge on any atom is -0.308 e. The number of rotatable bonds is 23. The summed E-state index contributed by atoms with van der Waals surface area (Å²) in [5, 5.41) is 3.55. The Morgan fingerprint density at radius 3 is 1.10 bits per heavy atom. The van der Waals surface area contributed by atoms with E-state index >= 15 is 0 Å². The van der Waals surface area contributed by atoms with Crippen LogP contribution in [0.5, 0.6) is 0 Å². The van der Waals surface area contributed by atoms with E-state index in [4.69, 9.17) is 0 Å². The molecule has 0 spiro atoms. The molecule has 1 N–H and O–H groups in total. The second-order valence-electron chi connectivity index (χ2n) is 9.57. The average molecular weight is 430 g/mol. The molecule has 0 aliphatic rings. The Labute approximate surface area is 191 Å². The molecule has 2 heteroatoms. The van der Waals surface area contributed by atoms with Crippen LogP contribution in [0.1, 0.15) is 149 Å². The normalized spacial score (nSPS) is 11.4. The van der Waals surface area contributed by atoms with Gasteiger partial charge in [0.2, 0.25) is 0 Å². The van der Waals surface area contributed by atoms with Crippen LogP contribution in [0.25, 0.3) is 0 Å². The van der Waals surface area contributed by atoms with Gasteiger partial charge in [0.1, 0.15) is 0 Å². The Kier molecular flexibility index (Phi) is 26.1. The van der Waals surface area contributed by atoms with Crippen molar-refractivity contribution >= 4 is 12.4 Å². The van der Waals surface area contributed by atoms with Crippen molar-refractivity contribution in [3.05, 3.63) is 12.7 Å². The van der Waals surface area contributed by atoms with Gasteiger partial charge < -0.3 is 5.32 Å². The summed E-state index contributed by atoms with van der Waals surface area (Å²) < 4.78 is 0. The van der Waals surface area contributed by atoms with Gasteiger partial charge in [0.05, 0.1) is 0 Å². The fourth-order valence-electron chi connectivity index (χ4n) is 3.86. The van der Waals surface area contributed by atoms with Crippen molar-refractivity contribution in [2.45, 2.75) is 155 Å². The molecule has 0 bridgehead atoms. The molecule has 29 heavy (non-hydrogen) atoms. The lowest BCUT2D eigenvalue weighted by molar-refractivity contribution is 0.456. The van der Waals surface area contributed by atoms with E-state index in [1.165, 1.54) is 128 Å². The summed E-state index contributed by atoms with van der Waals surface area (Å²) in [6, 6.07) is 0. The second kappa shape index (κ2) is 24.3. The maximum absolute atomic E-state index is 3.88. The van der Waals surface area contributed by atoms with Gasteiger partial charge in [0, 0.05) is 5.54 Å². The third kappa shape index (κ3) is 26.0. The molecule has 0 aromatic carbocycles. The molecular formula is C27H56ClN. The van der Waals surface area contributed by atoms with E-state index in [0.717, 1.165) is 6.54 Å². The zero-order valence-electron chi connectivity index (χ0n) is 20.5. The molecule has 0 rings (SSSR count). The standard InChI is InChI=1S/C27H55N.ClH/c1-5-7-8-9-10-11-12-13-14-15-16-17-18-19-20-21-22-23-24-25-26-28-27(3,4)6-2;/h6,28H,2,5,7-26H2,1,3-4H3;1H. The van der Waals surface area contributed by atoms with Gasteiger partial charge in [0.15, 0.2) is 0 Å². The highest BCUT2D eigenvalue weighted by atomic mass is 35.5. The number of unbranched alkanes of at least 4 members (excludes halogenated alkanes) is 19. The lowest BCUT2D eigenvalue weighted by Gasteiger charge is -2.21. The molecule has 0 amide bonds. The van der Waals surface area contributed by atoms with Crippen molar-refractivity contribution < 1.29 is 0 Å². The van der Waals surface area contributed by atoms with E-state index < -0.39 is 0 Å². The predicted molar refractivity (Wildman–Crippen MR) is 138 cm³/mol. The molecule has 0 aliphatic heterocycles. The Morgan fingerprint density at radius 2 is 0.828 bits per heavy atom. The van der Waals surface area contributed by atoms with E-state index in [1.54, 1.807) is 0 Å². The largest absolute Gasteiger partial charge is 0.308 e. The number of halogens is 1. The van der Waals surface area contributed by atoms with Crippen LogP contribution in [-0.2, 0) is 0 Å². The van der Waals surface area contributed by atoms with Crippen molar-refractivity contribution in [2.24, 2.45) is 0 Å². The highest BCUT2D eigenvalue weighted by Gasteiger charge is 2.09. The first-order chi connectivity index (χ1) is 13.6. The third-order valence-corrected chi connectivity index (χ3v) is 6.12. The zero-order chi connectivity index (χ0) is 20.8. The van der Waals surface area contributed by atoms with Crippen molar-refractivity contribution in [1.82, 2.24) is 5.32 Å². The molecule has 0 radical (unpaired) electrons. The molecule has 0 fully saturated rings. The van der Waals surface area contributed by atoms with Crippen molar-refractivity contribution in [2.75, 3.05) is 6.54 Å². The smallest absolute Gasteiger partial charge is 0.0304 e. The molecule has 0 saturated heterocycles. The fourth-order valence-corrected chi connectivity index (χ4v) is 3.86. The number of nitrogens with one attached hydrogen (secondary N) is 1. The van der Waals surface area contributed by atoms with Gasteiger partial charge in [-0.15, -0.1) is 19.0 Å². The third-order valence-electron chi connectivity index (χ3n) is 6.12. The van der Waals surface area contributed by atoms with Crippen LogP contribution in [-0.4, -0.2) is 12.1 Å². The SMILES string of the molecule is C=CC(C)(C)NCCCCCCCCCCCCCCCCCCCCCC.Cl. The van der Waals surface area contributed by atoms with Crippen LogP contribution in [0.4, 0.5) is 0 Å². The maximum atomic E-state index is 3.88. The summed E-state index contributed by atoms with van der Waals surface area (Å²) in [5.41, 5.74) is 0.0912. The Balaban J connectivity index is 0. The van der Waals surface area contributed by atoms with Gasteiger partial charge in [0.25, 0.3) is 0 Å². The van der Waals surface area contributed by atoms with Crippen molar-refractivity contribution in [3.63, 3.8) is 0 Å². The van der Waals surface area contributed by atoms with Crippen molar-refractivity contribution in [3.8, 4) is 0 Å². The quantitative estimate of drug-likeness (QED) is 0.126. The van der Waals surface area contributed by atoms with Crippen LogP contribution in [0, 0.1) is 0 Å². The van der Waals surface area contributed by atoms with Crippen LogP contribution in [0.15, 0.2) is 12.7 Å². The topological polar surface area (TPSA) is 12.0 Å². The summed E-state index contributed by atoms with van der Waals surface area (Å²) >= 11 is 0. The molecule has 0 saturated carbocycles. The molecule has 0 heterocycles. The van der Waals surface area contributed by atoms with Crippen LogP contribution < -0.4 is 5.32 Å². The molecule has 0 aliphatic carbocycles. The van der Waals surface area contributed by atoms with Gasteiger partial charge in [-0.3, -0.25) is 0 Å². The van der Waals surface area contributed by atoms with Gasteiger partial charge in [-0.1, -0.05) is 135 Å². The van der Waals surface area contributed by atoms with Gasteiger partial charge in [-0.25, -0.2) is 0 Å². The predicted octanol–water partition coefficient (Wildman–Crippen LogP) is 9.78. The molecule has 176 valence electrons. The van der Waals surface area contributed by atoms with E-state index in [2.05, 4.69) is 32.7 Å². The number of hydrogen-bond donors (Lipinski definition) is 1. The molecule has 0 atom stereocenters. The van der Waals surface area contributed by atoms with E-state index in [-0.39, 0.29) is 17.9 Å². The second-order valence-corrected chi connectivity index (χ2v) is 9.57. The minimum absolute atomic E-state index is 0. The first-order valence-electron chi connectivity index (χ1n) is 13.0. The highest BCUT2D eigenvalue weighted by molar-refractivity contribution is 5.85. The molecular weight excluding hydrogens is 374 g/mol. The van der Waals surface area contributed by atoms with E-state index in [9.17, 15) is 0 Å². The summed E-state index contributed by atoms with van der Waals surface area (Å²) in [7, 11) is 0. The minimum atomic E-state index is 0. The van der Waals surface area contributed by atoms with Crippen LogP contribution in [0.3, 0.4) is 0 Å². The van der Waals surface area contributed by atoms with Crippen molar-refractivity contribution in [1.29, 1.82) is 0 Å². The molecule has 0 aromatic heterocycles. The van der Waals surface area contributed by atoms with Crippen LogP contribution >= 0.6 is 12.4 Å². The molecule has 0 aromatic rings. The first kappa shape index (κ1) is 31.2. The first-order valence-corrected chi connectivity index (χ1v) is 13.0. The summed E-state index contributed by atoms with van der Waals surface area (Å²) in [4.78, 5) is 0. The number of hydrogen-bond acceptors (Lipinski definition) is 1. The fraction of sp³-hybridized carbons (Fsp3) is 0.926. The molecule has 0 unspecified atom stereocenters. The Bertz CT molecular complexity index is 314. The lowest BCUT2D eigenvalue weighted by atomic mass is 10.0. The van der Waals surface area contributed by atoms with E-state index in [1.807, 2.05) is 6.08 Å². The van der Waals surface area contributed by atoms with Crippen LogP contribution in [0.2, 0.25) is 0 Å². The zero-order valence-corrected chi connectivity index (χ0v) is 21.4. The Hall–Kier alpha value is -0.0100. The van der Waals surface area contributed by atoms with E-state index in [0.29, 0.717) is 0 Å². The van der Waals surface area contributed by atoms with Gasteiger partial charge >= 0.3 is 0 Å². The highest BCUT2D eigenvalue weighted by Crippen LogP contribution is 2.14. The summed E-state index contributed by atoms with van der Waals surface area (Å²) in [5.74, 6) is 0. The van der Waals surface area contributed by atoms with Gasteiger partial charge in [-0.2, -0.15) is 0 Å². The summed E-state index contributed by atoms with van der Waals surface area (Å²) in [6.45, 7) is 11.7.